The van der Waals surface area contributed by atoms with Gasteiger partial charge in [-0.2, -0.15) is 0 Å². The van der Waals surface area contributed by atoms with Gasteiger partial charge in [-0.25, -0.2) is 4.98 Å². The number of nitrogens with zero attached hydrogens (tertiary/aromatic N) is 2. The first-order valence-corrected chi connectivity index (χ1v) is 6.92. The zero-order valence-electron chi connectivity index (χ0n) is 11.1. The Hall–Kier alpha value is -1.89. The minimum atomic E-state index is -0.397. The van der Waals surface area contributed by atoms with Crippen LogP contribution in [0.2, 0.25) is 0 Å². The van der Waals surface area contributed by atoms with Gasteiger partial charge in [0.1, 0.15) is 5.76 Å². The van der Waals surface area contributed by atoms with Crippen molar-refractivity contribution in [3.05, 3.63) is 50.1 Å². The molecule has 0 aliphatic rings. The lowest BCUT2D eigenvalue weighted by molar-refractivity contribution is -0.385. The summed E-state index contributed by atoms with van der Waals surface area (Å²) >= 11 is 3.32. The number of nitro groups is 1. The molecule has 0 radical (unpaired) electrons. The molecule has 1 heterocycles. The van der Waals surface area contributed by atoms with Crippen LogP contribution in [0.3, 0.4) is 0 Å². The summed E-state index contributed by atoms with van der Waals surface area (Å²) in [5.74, 6) is 1.42. The van der Waals surface area contributed by atoms with E-state index < -0.39 is 4.92 Å². The molecule has 0 amide bonds. The topological polar surface area (TPSA) is 81.2 Å². The fourth-order valence-electron chi connectivity index (χ4n) is 1.77. The highest BCUT2D eigenvalue weighted by Crippen LogP contribution is 2.30. The fraction of sp³-hybridized carbons (Fsp3) is 0.308. The Bertz CT molecular complexity index is 640. The van der Waals surface area contributed by atoms with Gasteiger partial charge in [-0.15, -0.1) is 0 Å². The number of hydrogen-bond donors (Lipinski definition) is 1. The normalized spacial score (nSPS) is 10.6. The minimum absolute atomic E-state index is 0.0896. The first kappa shape index (κ1) is 14.5. The number of oxazole rings is 1. The molecule has 1 N–H and O–H groups in total. The van der Waals surface area contributed by atoms with Gasteiger partial charge in [0.2, 0.25) is 5.89 Å². The van der Waals surface area contributed by atoms with Gasteiger partial charge in [-0.05, 0) is 28.9 Å². The molecule has 2 aromatic rings. The van der Waals surface area contributed by atoms with E-state index in [9.17, 15) is 10.1 Å². The van der Waals surface area contributed by atoms with Gasteiger partial charge < -0.3 is 9.73 Å². The SMILES string of the molecule is CCc1cnc(CNc2cc(C)c([N+](=O)[O-])cc2Br)o1. The second kappa shape index (κ2) is 6.04. The number of nitrogens with one attached hydrogen (secondary N) is 1. The van der Waals surface area contributed by atoms with E-state index in [1.165, 1.54) is 6.07 Å². The van der Waals surface area contributed by atoms with Crippen LogP contribution in [0.15, 0.2) is 27.2 Å². The van der Waals surface area contributed by atoms with E-state index in [1.807, 2.05) is 6.92 Å². The van der Waals surface area contributed by atoms with Crippen molar-refractivity contribution in [2.24, 2.45) is 0 Å². The molecule has 1 aromatic heterocycles. The predicted octanol–water partition coefficient (Wildman–Crippen LogP) is 3.83. The molecule has 2 rings (SSSR count). The third kappa shape index (κ3) is 3.16. The van der Waals surface area contributed by atoms with Crippen molar-refractivity contribution in [2.75, 3.05) is 5.32 Å². The minimum Gasteiger partial charge on any atom is -0.444 e. The van der Waals surface area contributed by atoms with Gasteiger partial charge in [0.15, 0.2) is 0 Å². The number of aryl methyl sites for hydroxylation is 2. The van der Waals surface area contributed by atoms with Gasteiger partial charge >= 0.3 is 0 Å². The fourth-order valence-corrected chi connectivity index (χ4v) is 2.24. The number of anilines is 1. The van der Waals surface area contributed by atoms with E-state index in [0.717, 1.165) is 17.9 Å². The van der Waals surface area contributed by atoms with E-state index in [4.69, 9.17) is 4.42 Å². The van der Waals surface area contributed by atoms with Crippen LogP contribution in [0, 0.1) is 17.0 Å². The lowest BCUT2D eigenvalue weighted by Crippen LogP contribution is -2.02. The summed E-state index contributed by atoms with van der Waals surface area (Å²) in [6, 6.07) is 3.22. The molecule has 0 saturated carbocycles. The highest BCUT2D eigenvalue weighted by Gasteiger charge is 2.14. The van der Waals surface area contributed by atoms with Crippen molar-refractivity contribution in [2.45, 2.75) is 26.8 Å². The molecule has 0 bridgehead atoms. The molecule has 0 spiro atoms. The largest absolute Gasteiger partial charge is 0.444 e. The number of halogens is 1. The molecule has 0 fully saturated rings. The maximum atomic E-state index is 10.8. The van der Waals surface area contributed by atoms with Crippen molar-refractivity contribution in [3.8, 4) is 0 Å². The number of aromatic nitrogens is 1. The molecular weight excluding hydrogens is 326 g/mol. The van der Waals surface area contributed by atoms with Crippen molar-refractivity contribution in [1.29, 1.82) is 0 Å². The predicted molar refractivity (Wildman–Crippen MR) is 78.7 cm³/mol. The maximum absolute atomic E-state index is 10.8. The van der Waals surface area contributed by atoms with Crippen molar-refractivity contribution in [3.63, 3.8) is 0 Å². The van der Waals surface area contributed by atoms with Gasteiger partial charge in [0, 0.05) is 28.2 Å². The first-order valence-electron chi connectivity index (χ1n) is 6.13. The molecule has 0 atom stereocenters. The van der Waals surface area contributed by atoms with Crippen molar-refractivity contribution >= 4 is 27.3 Å². The Kier molecular flexibility index (Phi) is 4.39. The molecule has 6 nitrogen and oxygen atoms in total. The molecule has 20 heavy (non-hydrogen) atoms. The summed E-state index contributed by atoms with van der Waals surface area (Å²) in [6.07, 6.45) is 2.50. The van der Waals surface area contributed by atoms with Gasteiger partial charge in [0.05, 0.1) is 17.7 Å². The number of nitro benzene ring substituents is 1. The van der Waals surface area contributed by atoms with E-state index >= 15 is 0 Å². The van der Waals surface area contributed by atoms with Crippen LogP contribution in [0.25, 0.3) is 0 Å². The zero-order valence-corrected chi connectivity index (χ0v) is 12.7. The summed E-state index contributed by atoms with van der Waals surface area (Å²) in [6.45, 7) is 4.12. The highest BCUT2D eigenvalue weighted by molar-refractivity contribution is 9.10. The van der Waals surface area contributed by atoms with Crippen LogP contribution in [0.1, 0.15) is 24.1 Å². The van der Waals surface area contributed by atoms with Crippen molar-refractivity contribution < 1.29 is 9.34 Å². The molecule has 106 valence electrons. The van der Waals surface area contributed by atoms with Crippen LogP contribution in [-0.2, 0) is 13.0 Å². The Morgan fingerprint density at radius 2 is 2.25 bits per heavy atom. The average molecular weight is 340 g/mol. The van der Waals surface area contributed by atoms with Gasteiger partial charge in [-0.3, -0.25) is 10.1 Å². The summed E-state index contributed by atoms with van der Waals surface area (Å²) in [5.41, 5.74) is 1.46. The quantitative estimate of drug-likeness (QED) is 0.661. The van der Waals surface area contributed by atoms with Crippen LogP contribution in [0.5, 0.6) is 0 Å². The number of rotatable bonds is 5. The summed E-state index contributed by atoms with van der Waals surface area (Å²) in [4.78, 5) is 14.6. The zero-order chi connectivity index (χ0) is 14.7. The van der Waals surface area contributed by atoms with Gasteiger partial charge in [0.25, 0.3) is 5.69 Å². The number of hydrogen-bond acceptors (Lipinski definition) is 5. The van der Waals surface area contributed by atoms with E-state index in [-0.39, 0.29) is 5.69 Å². The highest BCUT2D eigenvalue weighted by atomic mass is 79.9. The average Bonchev–Trinajstić information content (AvgIpc) is 2.87. The molecule has 0 unspecified atom stereocenters. The lowest BCUT2D eigenvalue weighted by atomic mass is 10.2. The van der Waals surface area contributed by atoms with Crippen LogP contribution in [-0.4, -0.2) is 9.91 Å². The van der Waals surface area contributed by atoms with E-state index in [1.54, 1.807) is 19.2 Å². The molecule has 1 aromatic carbocycles. The smallest absolute Gasteiger partial charge is 0.273 e. The Morgan fingerprint density at radius 3 is 2.85 bits per heavy atom. The summed E-state index contributed by atoms with van der Waals surface area (Å²) < 4.78 is 6.13. The molecule has 0 saturated heterocycles. The summed E-state index contributed by atoms with van der Waals surface area (Å²) in [7, 11) is 0. The molecule has 0 aliphatic heterocycles. The second-order valence-corrected chi connectivity index (χ2v) is 5.16. The Morgan fingerprint density at radius 1 is 1.50 bits per heavy atom. The maximum Gasteiger partial charge on any atom is 0.273 e. The molecular formula is C13H14BrN3O3. The van der Waals surface area contributed by atoms with Gasteiger partial charge in [-0.1, -0.05) is 6.92 Å². The second-order valence-electron chi connectivity index (χ2n) is 4.30. The molecule has 7 heteroatoms. The van der Waals surface area contributed by atoms with E-state index in [2.05, 4.69) is 26.2 Å². The lowest BCUT2D eigenvalue weighted by Gasteiger charge is -2.08. The first-order chi connectivity index (χ1) is 9.51. The molecule has 0 aliphatic carbocycles. The van der Waals surface area contributed by atoms with Crippen molar-refractivity contribution in [1.82, 2.24) is 4.98 Å². The van der Waals surface area contributed by atoms with Crippen LogP contribution in [0.4, 0.5) is 11.4 Å². The third-order valence-electron chi connectivity index (χ3n) is 2.86. The third-order valence-corrected chi connectivity index (χ3v) is 3.52. The van der Waals surface area contributed by atoms with Crippen LogP contribution < -0.4 is 5.32 Å². The standard InChI is InChI=1S/C13H14BrN3O3/c1-3-9-6-16-13(20-9)7-15-11-4-8(2)12(17(18)19)5-10(11)14/h4-6,15H,3,7H2,1-2H3. The monoisotopic (exact) mass is 339 g/mol. The Labute approximate surface area is 124 Å². The summed E-state index contributed by atoms with van der Waals surface area (Å²) in [5, 5.41) is 14.0. The van der Waals surface area contributed by atoms with E-state index in [0.29, 0.717) is 22.5 Å². The number of benzene rings is 1. The Balaban J connectivity index is 2.13. The van der Waals surface area contributed by atoms with Crippen LogP contribution >= 0.6 is 15.9 Å².